The van der Waals surface area contributed by atoms with E-state index in [1.807, 2.05) is 25.1 Å². The number of hydrogen-bond donors (Lipinski definition) is 2. The van der Waals surface area contributed by atoms with Gasteiger partial charge in [0.15, 0.2) is 0 Å². The van der Waals surface area contributed by atoms with Crippen molar-refractivity contribution >= 4 is 11.4 Å². The fourth-order valence-electron chi connectivity index (χ4n) is 2.22. The lowest BCUT2D eigenvalue weighted by molar-refractivity contribution is 0.342. The van der Waals surface area contributed by atoms with Crippen molar-refractivity contribution in [2.45, 2.75) is 19.4 Å². The number of benzene rings is 1. The summed E-state index contributed by atoms with van der Waals surface area (Å²) in [4.78, 5) is 2.32. The molecule has 1 heterocycles. The van der Waals surface area contributed by atoms with Crippen molar-refractivity contribution in [3.05, 3.63) is 18.2 Å². The third-order valence-corrected chi connectivity index (χ3v) is 3.12. The normalized spacial score (nSPS) is 20.5. The molecule has 0 aromatic heterocycles. The number of nitrogens with zero attached hydrogens (tertiary/aromatic N) is 1. The maximum absolute atomic E-state index is 6.08. The van der Waals surface area contributed by atoms with Gasteiger partial charge in [-0.05, 0) is 39.1 Å². The highest BCUT2D eigenvalue weighted by atomic mass is 16.5. The molecule has 0 spiro atoms. The zero-order valence-electron chi connectivity index (χ0n) is 10.6. The van der Waals surface area contributed by atoms with Crippen LogP contribution in [0.15, 0.2) is 18.2 Å². The van der Waals surface area contributed by atoms with E-state index >= 15 is 0 Å². The molecule has 94 valence electrons. The van der Waals surface area contributed by atoms with Crippen LogP contribution < -0.4 is 15.8 Å². The van der Waals surface area contributed by atoms with Gasteiger partial charge in [0.2, 0.25) is 0 Å². The predicted molar refractivity (Wildman–Crippen MR) is 71.5 cm³/mol. The minimum atomic E-state index is 0.485. The van der Waals surface area contributed by atoms with Gasteiger partial charge in [0.05, 0.1) is 18.0 Å². The number of likely N-dealkylation sites (N-methyl/N-ethyl adjacent to an activating group) is 1. The molecule has 3 N–H and O–H groups in total. The predicted octanol–water partition coefficient (Wildman–Crippen LogP) is 1.78. The average Bonchev–Trinajstić information content (AvgIpc) is 2.70. The number of ether oxygens (including phenoxy) is 1. The Hall–Kier alpha value is -1.42. The molecule has 1 aromatic rings. The van der Waals surface area contributed by atoms with Crippen LogP contribution in [0.25, 0.3) is 0 Å². The van der Waals surface area contributed by atoms with Crippen molar-refractivity contribution in [1.29, 1.82) is 0 Å². The van der Waals surface area contributed by atoms with Crippen LogP contribution in [0.4, 0.5) is 11.4 Å². The lowest BCUT2D eigenvalue weighted by Crippen LogP contribution is -2.24. The largest absolute Gasteiger partial charge is 0.492 e. The fraction of sp³-hybridized carbons (Fsp3) is 0.538. The SMILES string of the molecule is CCOc1cccc(NC2CCN(C)C2)c1N. The summed E-state index contributed by atoms with van der Waals surface area (Å²) in [5.74, 6) is 0.767. The minimum absolute atomic E-state index is 0.485. The second-order valence-corrected chi connectivity index (χ2v) is 4.54. The smallest absolute Gasteiger partial charge is 0.144 e. The number of nitrogens with two attached hydrogens (primary N) is 1. The summed E-state index contributed by atoms with van der Waals surface area (Å²) in [7, 11) is 2.14. The summed E-state index contributed by atoms with van der Waals surface area (Å²) in [6.07, 6.45) is 1.16. The van der Waals surface area contributed by atoms with E-state index < -0.39 is 0 Å². The van der Waals surface area contributed by atoms with E-state index in [-0.39, 0.29) is 0 Å². The maximum Gasteiger partial charge on any atom is 0.144 e. The standard InChI is InChI=1S/C13H21N3O/c1-3-17-12-6-4-5-11(13(12)14)15-10-7-8-16(2)9-10/h4-6,10,15H,3,7-9,14H2,1-2H3. The maximum atomic E-state index is 6.08. The zero-order valence-corrected chi connectivity index (χ0v) is 10.6. The van der Waals surface area contributed by atoms with Crippen molar-refractivity contribution in [2.75, 3.05) is 37.8 Å². The zero-order chi connectivity index (χ0) is 12.3. The molecule has 4 heteroatoms. The Morgan fingerprint density at radius 3 is 3.00 bits per heavy atom. The Labute approximate surface area is 103 Å². The first-order valence-corrected chi connectivity index (χ1v) is 6.17. The number of anilines is 2. The van der Waals surface area contributed by atoms with E-state index in [0.29, 0.717) is 18.3 Å². The van der Waals surface area contributed by atoms with Gasteiger partial charge in [-0.2, -0.15) is 0 Å². The van der Waals surface area contributed by atoms with Crippen LogP contribution in [0.3, 0.4) is 0 Å². The van der Waals surface area contributed by atoms with Crippen molar-refractivity contribution in [3.8, 4) is 5.75 Å². The molecule has 0 amide bonds. The van der Waals surface area contributed by atoms with Crippen LogP contribution in [0.2, 0.25) is 0 Å². The van der Waals surface area contributed by atoms with Gasteiger partial charge in [-0.1, -0.05) is 6.07 Å². The second-order valence-electron chi connectivity index (χ2n) is 4.54. The summed E-state index contributed by atoms with van der Waals surface area (Å²) in [6.45, 7) is 4.81. The van der Waals surface area contributed by atoms with Crippen molar-refractivity contribution in [1.82, 2.24) is 4.90 Å². The van der Waals surface area contributed by atoms with Crippen LogP contribution in [0, 0.1) is 0 Å². The Balaban J connectivity index is 2.07. The van der Waals surface area contributed by atoms with Crippen LogP contribution in [-0.4, -0.2) is 37.7 Å². The molecule has 1 aliphatic rings. The molecule has 1 aliphatic heterocycles. The third-order valence-electron chi connectivity index (χ3n) is 3.12. The molecule has 0 radical (unpaired) electrons. The Bertz CT molecular complexity index is 381. The lowest BCUT2D eigenvalue weighted by Gasteiger charge is -2.17. The third kappa shape index (κ3) is 2.82. The van der Waals surface area contributed by atoms with E-state index in [4.69, 9.17) is 10.5 Å². The van der Waals surface area contributed by atoms with Crippen molar-refractivity contribution in [2.24, 2.45) is 0 Å². The Kier molecular flexibility index (Phi) is 3.74. The van der Waals surface area contributed by atoms with Gasteiger partial charge in [0.25, 0.3) is 0 Å². The summed E-state index contributed by atoms with van der Waals surface area (Å²) in [6, 6.07) is 6.38. The van der Waals surface area contributed by atoms with Crippen LogP contribution in [0.5, 0.6) is 5.75 Å². The molecule has 17 heavy (non-hydrogen) atoms. The minimum Gasteiger partial charge on any atom is -0.492 e. The van der Waals surface area contributed by atoms with E-state index in [1.54, 1.807) is 0 Å². The van der Waals surface area contributed by atoms with Crippen LogP contribution in [0.1, 0.15) is 13.3 Å². The summed E-state index contributed by atoms with van der Waals surface area (Å²) >= 11 is 0. The molecule has 1 unspecified atom stereocenters. The highest BCUT2D eigenvalue weighted by Crippen LogP contribution is 2.30. The van der Waals surface area contributed by atoms with E-state index in [2.05, 4.69) is 17.3 Å². The average molecular weight is 235 g/mol. The summed E-state index contributed by atoms with van der Waals surface area (Å²) in [5.41, 5.74) is 7.78. The number of rotatable bonds is 4. The molecule has 0 bridgehead atoms. The molecule has 1 fully saturated rings. The van der Waals surface area contributed by atoms with E-state index in [0.717, 1.165) is 30.9 Å². The highest BCUT2D eigenvalue weighted by molar-refractivity contribution is 5.73. The van der Waals surface area contributed by atoms with Gasteiger partial charge in [-0.3, -0.25) is 0 Å². The molecular weight excluding hydrogens is 214 g/mol. The Morgan fingerprint density at radius 1 is 1.53 bits per heavy atom. The van der Waals surface area contributed by atoms with Crippen LogP contribution in [-0.2, 0) is 0 Å². The summed E-state index contributed by atoms with van der Waals surface area (Å²) < 4.78 is 5.49. The number of likely N-dealkylation sites (tertiary alicyclic amines) is 1. The molecule has 4 nitrogen and oxygen atoms in total. The van der Waals surface area contributed by atoms with E-state index in [9.17, 15) is 0 Å². The van der Waals surface area contributed by atoms with Crippen LogP contribution >= 0.6 is 0 Å². The van der Waals surface area contributed by atoms with Gasteiger partial charge in [0.1, 0.15) is 5.75 Å². The fourth-order valence-corrected chi connectivity index (χ4v) is 2.22. The molecule has 1 saturated heterocycles. The number of nitrogens with one attached hydrogen (secondary N) is 1. The second kappa shape index (κ2) is 5.27. The molecule has 0 aliphatic carbocycles. The summed E-state index contributed by atoms with van der Waals surface area (Å²) in [5, 5.41) is 3.49. The lowest BCUT2D eigenvalue weighted by atomic mass is 10.2. The van der Waals surface area contributed by atoms with E-state index in [1.165, 1.54) is 0 Å². The van der Waals surface area contributed by atoms with Gasteiger partial charge in [-0.15, -0.1) is 0 Å². The van der Waals surface area contributed by atoms with Gasteiger partial charge in [-0.25, -0.2) is 0 Å². The quantitative estimate of drug-likeness (QED) is 0.781. The van der Waals surface area contributed by atoms with Gasteiger partial charge in [0, 0.05) is 12.6 Å². The molecule has 1 atom stereocenters. The first kappa shape index (κ1) is 12.0. The van der Waals surface area contributed by atoms with Crippen molar-refractivity contribution < 1.29 is 4.74 Å². The number of nitrogen functional groups attached to an aromatic ring is 1. The molecule has 2 rings (SSSR count). The first-order valence-electron chi connectivity index (χ1n) is 6.17. The van der Waals surface area contributed by atoms with Gasteiger partial charge >= 0.3 is 0 Å². The monoisotopic (exact) mass is 235 g/mol. The van der Waals surface area contributed by atoms with Crippen molar-refractivity contribution in [3.63, 3.8) is 0 Å². The molecular formula is C13H21N3O. The number of para-hydroxylation sites is 1. The molecule has 0 saturated carbocycles. The molecule has 1 aromatic carbocycles. The first-order chi connectivity index (χ1) is 8.20. The number of hydrogen-bond acceptors (Lipinski definition) is 4. The highest BCUT2D eigenvalue weighted by Gasteiger charge is 2.20. The topological polar surface area (TPSA) is 50.5 Å². The van der Waals surface area contributed by atoms with Gasteiger partial charge < -0.3 is 20.7 Å². The Morgan fingerprint density at radius 2 is 2.35 bits per heavy atom.